The number of benzene rings is 3. The summed E-state index contributed by atoms with van der Waals surface area (Å²) in [6, 6.07) is 13.2. The smallest absolute Gasteiger partial charge is 0.253 e. The molecule has 0 spiro atoms. The van der Waals surface area contributed by atoms with Crippen LogP contribution in [0.3, 0.4) is 0 Å². The molecule has 0 aliphatic carbocycles. The van der Waals surface area contributed by atoms with Crippen LogP contribution in [0.4, 0.5) is 14.5 Å². The Hall–Kier alpha value is -4.66. The highest BCUT2D eigenvalue weighted by Crippen LogP contribution is 2.23. The van der Waals surface area contributed by atoms with Crippen molar-refractivity contribution in [2.75, 3.05) is 30.6 Å². The number of carbonyl (C=O) groups is 2. The normalized spacial score (nSPS) is 12.7. The molecule has 0 aliphatic heterocycles. The fraction of sp³-hybridized carbons (Fsp3) is 0.343. The van der Waals surface area contributed by atoms with E-state index in [4.69, 9.17) is 4.42 Å². The van der Waals surface area contributed by atoms with E-state index in [1.165, 1.54) is 24.6 Å². The summed E-state index contributed by atoms with van der Waals surface area (Å²) in [5.74, 6) is -2.31. The minimum absolute atomic E-state index is 0.0461. The molecule has 0 fully saturated rings. The van der Waals surface area contributed by atoms with E-state index in [0.717, 1.165) is 42.9 Å². The SMILES string of the molecule is CCCN(CCC)C(=O)c1cc(C(=O)N[C@H](Cc2cc(F)cc(F)c2)[C@@H](O)CNCc2cccc(NS(C)(=O)=O)c2)cc(-c2ncco2)c1. The van der Waals surface area contributed by atoms with Gasteiger partial charge in [-0.05, 0) is 72.9 Å². The van der Waals surface area contributed by atoms with Gasteiger partial charge in [0.15, 0.2) is 0 Å². The van der Waals surface area contributed by atoms with Crippen molar-refractivity contribution in [3.8, 4) is 11.5 Å². The number of nitrogens with one attached hydrogen (secondary N) is 3. The molecule has 0 bridgehead atoms. The lowest BCUT2D eigenvalue weighted by molar-refractivity contribution is 0.0755. The van der Waals surface area contributed by atoms with Crippen LogP contribution < -0.4 is 15.4 Å². The highest BCUT2D eigenvalue weighted by molar-refractivity contribution is 7.92. The number of sulfonamides is 1. The van der Waals surface area contributed by atoms with E-state index >= 15 is 0 Å². The molecule has 0 saturated heterocycles. The van der Waals surface area contributed by atoms with E-state index in [1.807, 2.05) is 13.8 Å². The molecule has 262 valence electrons. The Morgan fingerprint density at radius 3 is 2.29 bits per heavy atom. The predicted molar refractivity (Wildman–Crippen MR) is 182 cm³/mol. The second kappa shape index (κ2) is 17.1. The maximum Gasteiger partial charge on any atom is 0.253 e. The van der Waals surface area contributed by atoms with Gasteiger partial charge in [-0.3, -0.25) is 14.3 Å². The zero-order valence-corrected chi connectivity index (χ0v) is 28.4. The van der Waals surface area contributed by atoms with Crippen molar-refractivity contribution >= 4 is 27.5 Å². The average Bonchev–Trinajstić information content (AvgIpc) is 3.58. The highest BCUT2D eigenvalue weighted by atomic mass is 32.2. The van der Waals surface area contributed by atoms with Crippen molar-refractivity contribution in [2.24, 2.45) is 0 Å². The van der Waals surface area contributed by atoms with Crippen LogP contribution in [-0.2, 0) is 23.0 Å². The number of anilines is 1. The standard InChI is InChI=1S/C35H41F2N5O6S/c1-4-10-42(11-5-2)35(45)27-18-25(17-26(19-27)34-39-9-12-48-34)33(44)40-31(16-24-13-28(36)20-29(37)14-24)32(43)22-38-21-23-7-6-8-30(15-23)41-49(3,46)47/h6-9,12-15,17-20,31-32,38,41,43H,4-5,10-11,16,21-22H2,1-3H3,(H,40,44)/t31-,32+/m1/s1. The van der Waals surface area contributed by atoms with Crippen LogP contribution in [0.15, 0.2) is 77.5 Å². The first-order valence-corrected chi connectivity index (χ1v) is 17.8. The molecule has 14 heteroatoms. The molecule has 0 saturated carbocycles. The van der Waals surface area contributed by atoms with E-state index in [-0.39, 0.29) is 48.0 Å². The largest absolute Gasteiger partial charge is 0.445 e. The number of aromatic nitrogens is 1. The lowest BCUT2D eigenvalue weighted by atomic mass is 9.99. The number of aliphatic hydroxyl groups excluding tert-OH is 1. The summed E-state index contributed by atoms with van der Waals surface area (Å²) >= 11 is 0. The van der Waals surface area contributed by atoms with Crippen LogP contribution in [0.1, 0.15) is 58.5 Å². The fourth-order valence-electron chi connectivity index (χ4n) is 5.39. The molecule has 0 aliphatic rings. The van der Waals surface area contributed by atoms with Crippen molar-refractivity contribution in [3.05, 3.63) is 107 Å². The number of rotatable bonds is 17. The summed E-state index contributed by atoms with van der Waals surface area (Å²) in [6.07, 6.45) is 3.99. The van der Waals surface area contributed by atoms with Crippen molar-refractivity contribution < 1.29 is 36.3 Å². The van der Waals surface area contributed by atoms with Gasteiger partial charge in [-0.1, -0.05) is 26.0 Å². The number of aliphatic hydroxyl groups is 1. The van der Waals surface area contributed by atoms with Gasteiger partial charge >= 0.3 is 0 Å². The molecule has 4 aromatic rings. The van der Waals surface area contributed by atoms with E-state index in [1.54, 1.807) is 35.2 Å². The Morgan fingerprint density at radius 1 is 0.959 bits per heavy atom. The molecule has 0 radical (unpaired) electrons. The molecular formula is C35H41F2N5O6S. The summed E-state index contributed by atoms with van der Waals surface area (Å²) < 4.78 is 59.3. The van der Waals surface area contributed by atoms with Gasteiger partial charge in [-0.2, -0.15) is 0 Å². The minimum Gasteiger partial charge on any atom is -0.445 e. The quantitative estimate of drug-likeness (QED) is 0.123. The van der Waals surface area contributed by atoms with Gasteiger partial charge in [-0.25, -0.2) is 22.2 Å². The van der Waals surface area contributed by atoms with Gasteiger partial charge in [0.1, 0.15) is 17.9 Å². The monoisotopic (exact) mass is 697 g/mol. The zero-order valence-electron chi connectivity index (χ0n) is 27.6. The summed E-state index contributed by atoms with van der Waals surface area (Å²) in [4.78, 5) is 33.3. The fourth-order valence-corrected chi connectivity index (χ4v) is 5.95. The first kappa shape index (κ1) is 37.2. The lowest BCUT2D eigenvalue weighted by Crippen LogP contribution is -2.48. The van der Waals surface area contributed by atoms with Gasteiger partial charge in [-0.15, -0.1) is 0 Å². The topological polar surface area (TPSA) is 154 Å². The molecule has 4 N–H and O–H groups in total. The summed E-state index contributed by atoms with van der Waals surface area (Å²) in [6.45, 7) is 5.19. The number of hydrogen-bond donors (Lipinski definition) is 4. The van der Waals surface area contributed by atoms with Gasteiger partial charge in [0.25, 0.3) is 11.8 Å². The van der Waals surface area contributed by atoms with Crippen molar-refractivity contribution in [2.45, 2.75) is 51.8 Å². The number of hydrogen-bond acceptors (Lipinski definition) is 8. The van der Waals surface area contributed by atoms with Gasteiger partial charge < -0.3 is 25.1 Å². The highest BCUT2D eigenvalue weighted by Gasteiger charge is 2.25. The third-order valence-corrected chi connectivity index (χ3v) is 8.07. The number of nitrogens with zero attached hydrogens (tertiary/aromatic N) is 2. The van der Waals surface area contributed by atoms with Crippen molar-refractivity contribution in [1.82, 2.24) is 20.5 Å². The number of halogens is 2. The second-order valence-electron chi connectivity index (χ2n) is 11.8. The Balaban J connectivity index is 1.59. The Labute approximate surface area is 284 Å². The van der Waals surface area contributed by atoms with Gasteiger partial charge in [0, 0.05) is 54.6 Å². The van der Waals surface area contributed by atoms with Crippen LogP contribution in [0, 0.1) is 11.6 Å². The number of oxazole rings is 1. The first-order chi connectivity index (χ1) is 23.3. The van der Waals surface area contributed by atoms with Crippen molar-refractivity contribution in [1.29, 1.82) is 0 Å². The van der Waals surface area contributed by atoms with Crippen LogP contribution >= 0.6 is 0 Å². The molecular weight excluding hydrogens is 656 g/mol. The Bertz CT molecular complexity index is 1810. The van der Waals surface area contributed by atoms with Crippen LogP contribution in [0.2, 0.25) is 0 Å². The average molecular weight is 698 g/mol. The van der Waals surface area contributed by atoms with Crippen LogP contribution in [0.25, 0.3) is 11.5 Å². The molecule has 2 atom stereocenters. The molecule has 3 aromatic carbocycles. The maximum atomic E-state index is 14.1. The first-order valence-electron chi connectivity index (χ1n) is 15.9. The summed E-state index contributed by atoms with van der Waals surface area (Å²) in [5, 5.41) is 17.2. The number of amides is 2. The lowest BCUT2D eigenvalue weighted by Gasteiger charge is -2.25. The number of carbonyl (C=O) groups excluding carboxylic acids is 2. The molecule has 49 heavy (non-hydrogen) atoms. The predicted octanol–water partition coefficient (Wildman–Crippen LogP) is 4.75. The van der Waals surface area contributed by atoms with Crippen LogP contribution in [0.5, 0.6) is 0 Å². The summed E-state index contributed by atoms with van der Waals surface area (Å²) in [7, 11) is -3.48. The Kier molecular flexibility index (Phi) is 13.0. The van der Waals surface area contributed by atoms with E-state index in [0.29, 0.717) is 24.3 Å². The van der Waals surface area contributed by atoms with Gasteiger partial charge in [0.05, 0.1) is 24.6 Å². The molecule has 1 aromatic heterocycles. The summed E-state index contributed by atoms with van der Waals surface area (Å²) in [5.41, 5.74) is 2.04. The van der Waals surface area contributed by atoms with Crippen LogP contribution in [-0.4, -0.2) is 73.3 Å². The maximum absolute atomic E-state index is 14.1. The second-order valence-corrected chi connectivity index (χ2v) is 13.5. The Morgan fingerprint density at radius 2 is 1.65 bits per heavy atom. The van der Waals surface area contributed by atoms with Crippen molar-refractivity contribution in [3.63, 3.8) is 0 Å². The third-order valence-electron chi connectivity index (χ3n) is 7.47. The van der Waals surface area contributed by atoms with E-state index in [2.05, 4.69) is 20.3 Å². The third kappa shape index (κ3) is 11.2. The molecule has 11 nitrogen and oxygen atoms in total. The van der Waals surface area contributed by atoms with E-state index < -0.39 is 39.7 Å². The molecule has 1 heterocycles. The van der Waals surface area contributed by atoms with E-state index in [9.17, 15) is 31.9 Å². The minimum atomic E-state index is -3.48. The zero-order chi connectivity index (χ0) is 35.6. The van der Waals surface area contributed by atoms with Gasteiger partial charge in [0.2, 0.25) is 15.9 Å². The molecule has 2 amide bonds. The molecule has 4 rings (SSSR count). The molecule has 0 unspecified atom stereocenters.